The summed E-state index contributed by atoms with van der Waals surface area (Å²) in [6.07, 6.45) is 2.20. The van der Waals surface area contributed by atoms with Crippen molar-refractivity contribution in [3.05, 3.63) is 70.4 Å². The van der Waals surface area contributed by atoms with Gasteiger partial charge in [-0.3, -0.25) is 4.79 Å². The lowest BCUT2D eigenvalue weighted by molar-refractivity contribution is 0.0953. The van der Waals surface area contributed by atoms with E-state index in [9.17, 15) is 4.79 Å². The zero-order chi connectivity index (χ0) is 21.3. The largest absolute Gasteiger partial charge is 0.339 e. The smallest absolute Gasteiger partial charge is 0.229 e. The van der Waals surface area contributed by atoms with Crippen LogP contribution < -0.4 is 10.6 Å². The predicted octanol–water partition coefficient (Wildman–Crippen LogP) is 5.91. The normalized spacial score (nSPS) is 15.6. The molecular formula is C25H28N4O. The molecule has 0 spiro atoms. The molecule has 1 heterocycles. The van der Waals surface area contributed by atoms with Crippen molar-refractivity contribution in [1.29, 1.82) is 0 Å². The van der Waals surface area contributed by atoms with Crippen molar-refractivity contribution >= 4 is 28.9 Å². The number of rotatable bonds is 5. The van der Waals surface area contributed by atoms with Gasteiger partial charge in [0, 0.05) is 17.8 Å². The van der Waals surface area contributed by atoms with Crippen LogP contribution in [0.1, 0.15) is 53.0 Å². The van der Waals surface area contributed by atoms with E-state index in [0.29, 0.717) is 23.8 Å². The van der Waals surface area contributed by atoms with Gasteiger partial charge in [-0.15, -0.1) is 0 Å². The standard InChI is InChI=1S/C25H28N4O/c1-5-18-8-6-7-9-20(18)27-24-23-21(12-15(2)13-22(23)30)28-25(29-24)26-19-11-10-16(3)17(4)14-19/h6-11,14-15H,5,12-13H2,1-4H3,(H2,26,27,28,29). The summed E-state index contributed by atoms with van der Waals surface area (Å²) in [5, 5.41) is 6.76. The molecule has 1 atom stereocenters. The summed E-state index contributed by atoms with van der Waals surface area (Å²) in [5.41, 5.74) is 6.99. The fourth-order valence-electron chi connectivity index (χ4n) is 3.94. The summed E-state index contributed by atoms with van der Waals surface area (Å²) in [6, 6.07) is 14.3. The molecular weight excluding hydrogens is 372 g/mol. The van der Waals surface area contributed by atoms with E-state index < -0.39 is 0 Å². The van der Waals surface area contributed by atoms with Crippen molar-refractivity contribution in [2.24, 2.45) is 5.92 Å². The van der Waals surface area contributed by atoms with Crippen molar-refractivity contribution in [3.63, 3.8) is 0 Å². The molecule has 0 saturated carbocycles. The van der Waals surface area contributed by atoms with E-state index in [2.05, 4.69) is 56.5 Å². The molecule has 0 fully saturated rings. The van der Waals surface area contributed by atoms with Gasteiger partial charge in [-0.2, -0.15) is 4.98 Å². The lowest BCUT2D eigenvalue weighted by Crippen LogP contribution is -2.22. The van der Waals surface area contributed by atoms with E-state index in [-0.39, 0.29) is 11.7 Å². The lowest BCUT2D eigenvalue weighted by Gasteiger charge is -2.23. The van der Waals surface area contributed by atoms with Crippen LogP contribution >= 0.6 is 0 Å². The van der Waals surface area contributed by atoms with Crippen LogP contribution in [0.5, 0.6) is 0 Å². The molecule has 1 aliphatic rings. The Kier molecular flexibility index (Phi) is 5.53. The van der Waals surface area contributed by atoms with Crippen LogP contribution in [-0.2, 0) is 12.8 Å². The molecule has 0 bridgehead atoms. The van der Waals surface area contributed by atoms with Gasteiger partial charge in [0.25, 0.3) is 0 Å². The van der Waals surface area contributed by atoms with Gasteiger partial charge in [-0.05, 0) is 67.5 Å². The van der Waals surface area contributed by atoms with Crippen LogP contribution in [0.3, 0.4) is 0 Å². The highest BCUT2D eigenvalue weighted by Crippen LogP contribution is 2.32. The molecule has 5 nitrogen and oxygen atoms in total. The second kappa shape index (κ2) is 8.27. The Balaban J connectivity index is 1.77. The van der Waals surface area contributed by atoms with E-state index in [1.54, 1.807) is 0 Å². The van der Waals surface area contributed by atoms with Gasteiger partial charge < -0.3 is 10.6 Å². The topological polar surface area (TPSA) is 66.9 Å². The van der Waals surface area contributed by atoms with Crippen molar-refractivity contribution in [2.75, 3.05) is 10.6 Å². The maximum Gasteiger partial charge on any atom is 0.229 e. The summed E-state index contributed by atoms with van der Waals surface area (Å²) in [7, 11) is 0. The van der Waals surface area contributed by atoms with Crippen molar-refractivity contribution in [1.82, 2.24) is 9.97 Å². The van der Waals surface area contributed by atoms with Gasteiger partial charge in [-0.1, -0.05) is 38.1 Å². The predicted molar refractivity (Wildman–Crippen MR) is 122 cm³/mol. The van der Waals surface area contributed by atoms with Crippen LogP contribution in [0.2, 0.25) is 0 Å². The van der Waals surface area contributed by atoms with Crippen molar-refractivity contribution < 1.29 is 4.79 Å². The number of hydrogen-bond acceptors (Lipinski definition) is 5. The molecule has 2 aromatic carbocycles. The number of para-hydroxylation sites is 1. The van der Waals surface area contributed by atoms with Gasteiger partial charge in [0.2, 0.25) is 5.95 Å². The molecule has 2 N–H and O–H groups in total. The molecule has 1 aromatic heterocycles. The lowest BCUT2D eigenvalue weighted by atomic mass is 9.87. The summed E-state index contributed by atoms with van der Waals surface area (Å²) in [4.78, 5) is 22.3. The molecule has 1 aliphatic carbocycles. The summed E-state index contributed by atoms with van der Waals surface area (Å²) < 4.78 is 0. The third kappa shape index (κ3) is 4.06. The quantitative estimate of drug-likeness (QED) is 0.557. The zero-order valence-electron chi connectivity index (χ0n) is 18.0. The van der Waals surface area contributed by atoms with Crippen LogP contribution in [0.25, 0.3) is 0 Å². The number of hydrogen-bond donors (Lipinski definition) is 2. The maximum absolute atomic E-state index is 12.9. The molecule has 0 aliphatic heterocycles. The average Bonchev–Trinajstić information content (AvgIpc) is 2.70. The number of fused-ring (bicyclic) bond motifs is 1. The molecule has 5 heteroatoms. The number of benzene rings is 2. The monoisotopic (exact) mass is 400 g/mol. The molecule has 3 aromatic rings. The number of aryl methyl sites for hydroxylation is 3. The Morgan fingerprint density at radius 3 is 2.57 bits per heavy atom. The highest BCUT2D eigenvalue weighted by atomic mass is 16.1. The number of nitrogens with one attached hydrogen (secondary N) is 2. The number of nitrogens with zero attached hydrogens (tertiary/aromatic N) is 2. The first-order valence-electron chi connectivity index (χ1n) is 10.6. The Hall–Kier alpha value is -3.21. The van der Waals surface area contributed by atoms with Gasteiger partial charge in [0.05, 0.1) is 11.3 Å². The minimum atomic E-state index is 0.109. The minimum absolute atomic E-state index is 0.109. The third-order valence-electron chi connectivity index (χ3n) is 5.75. The first-order valence-corrected chi connectivity index (χ1v) is 10.6. The summed E-state index contributed by atoms with van der Waals surface area (Å²) >= 11 is 0. The zero-order valence-corrected chi connectivity index (χ0v) is 18.0. The molecule has 0 amide bonds. The average molecular weight is 401 g/mol. The SMILES string of the molecule is CCc1ccccc1Nc1nc(Nc2ccc(C)c(C)c2)nc2c1C(=O)CC(C)C2. The molecule has 4 rings (SSSR count). The number of ketones is 1. The van der Waals surface area contributed by atoms with Crippen LogP contribution in [0.15, 0.2) is 42.5 Å². The highest BCUT2D eigenvalue weighted by Gasteiger charge is 2.28. The van der Waals surface area contributed by atoms with E-state index in [0.717, 1.165) is 29.9 Å². The van der Waals surface area contributed by atoms with Gasteiger partial charge >= 0.3 is 0 Å². The molecule has 1 unspecified atom stereocenters. The maximum atomic E-state index is 12.9. The van der Waals surface area contributed by atoms with E-state index in [4.69, 9.17) is 9.97 Å². The molecule has 0 radical (unpaired) electrons. The van der Waals surface area contributed by atoms with E-state index in [1.807, 2.05) is 24.3 Å². The first-order chi connectivity index (χ1) is 14.4. The van der Waals surface area contributed by atoms with Crippen LogP contribution in [-0.4, -0.2) is 15.8 Å². The third-order valence-corrected chi connectivity index (χ3v) is 5.75. The summed E-state index contributed by atoms with van der Waals surface area (Å²) in [5.74, 6) is 1.49. The second-order valence-corrected chi connectivity index (χ2v) is 8.21. The summed E-state index contributed by atoms with van der Waals surface area (Å²) in [6.45, 7) is 8.40. The van der Waals surface area contributed by atoms with E-state index in [1.165, 1.54) is 16.7 Å². The Bertz CT molecular complexity index is 1110. The Labute approximate surface area is 178 Å². The fraction of sp³-hybridized carbons (Fsp3) is 0.320. The minimum Gasteiger partial charge on any atom is -0.339 e. The van der Waals surface area contributed by atoms with Crippen molar-refractivity contribution in [2.45, 2.75) is 47.0 Å². The van der Waals surface area contributed by atoms with Crippen molar-refractivity contribution in [3.8, 4) is 0 Å². The van der Waals surface area contributed by atoms with Gasteiger partial charge in [-0.25, -0.2) is 4.98 Å². The first kappa shape index (κ1) is 20.1. The number of carbonyl (C=O) groups excluding carboxylic acids is 1. The van der Waals surface area contributed by atoms with E-state index >= 15 is 0 Å². The highest BCUT2D eigenvalue weighted by molar-refractivity contribution is 6.03. The Morgan fingerprint density at radius 1 is 1.00 bits per heavy atom. The Morgan fingerprint density at radius 2 is 1.80 bits per heavy atom. The van der Waals surface area contributed by atoms with Gasteiger partial charge in [0.15, 0.2) is 5.78 Å². The molecule has 30 heavy (non-hydrogen) atoms. The molecule has 154 valence electrons. The van der Waals surface area contributed by atoms with Crippen LogP contribution in [0, 0.1) is 19.8 Å². The van der Waals surface area contributed by atoms with Crippen LogP contribution in [0.4, 0.5) is 23.1 Å². The molecule has 0 saturated heterocycles. The van der Waals surface area contributed by atoms with Gasteiger partial charge in [0.1, 0.15) is 5.82 Å². The number of aromatic nitrogens is 2. The number of anilines is 4. The second-order valence-electron chi connectivity index (χ2n) is 8.21. The fourth-order valence-corrected chi connectivity index (χ4v) is 3.94. The number of carbonyl (C=O) groups is 1. The number of Topliss-reactive ketones (excluding diaryl/α,β-unsaturated/α-hetero) is 1.